The van der Waals surface area contributed by atoms with E-state index < -0.39 is 0 Å². The largest absolute Gasteiger partial charge is 0.370 e. The predicted octanol–water partition coefficient (Wildman–Crippen LogP) is -0.156. The Balaban J connectivity index is 2.51. The molecule has 1 aromatic rings. The molecule has 0 aromatic carbocycles. The normalized spacial score (nSPS) is 11.7. The van der Waals surface area contributed by atoms with Crippen molar-refractivity contribution in [3.63, 3.8) is 0 Å². The van der Waals surface area contributed by atoms with Crippen molar-refractivity contribution in [3.05, 3.63) is 18.2 Å². The first-order valence-electron chi connectivity index (χ1n) is 4.24. The summed E-state index contributed by atoms with van der Waals surface area (Å²) in [6, 6.07) is 0. The van der Waals surface area contributed by atoms with Crippen LogP contribution in [-0.2, 0) is 13.6 Å². The fourth-order valence-electron chi connectivity index (χ4n) is 0.942. The number of aliphatic imine (C=N–C) groups is 1. The molecule has 0 bridgehead atoms. The molecule has 0 saturated heterocycles. The fraction of sp³-hybridized carbons (Fsp3) is 0.500. The minimum absolute atomic E-state index is 0.463. The highest BCUT2D eigenvalue weighted by molar-refractivity contribution is 5.77. The van der Waals surface area contributed by atoms with Gasteiger partial charge in [-0.05, 0) is 6.92 Å². The zero-order chi connectivity index (χ0) is 9.68. The number of aryl methyl sites for hydroxylation is 1. The first kappa shape index (κ1) is 9.57. The zero-order valence-corrected chi connectivity index (χ0v) is 7.99. The van der Waals surface area contributed by atoms with Crippen molar-refractivity contribution in [2.24, 2.45) is 17.8 Å². The maximum Gasteiger partial charge on any atom is 0.189 e. The third-order valence-corrected chi connectivity index (χ3v) is 1.67. The molecule has 1 rings (SSSR count). The standard InChI is InChI=1S/C8H15N5/c1-3-10-8(9)12-6-7-11-4-5-13(7)2/h4-5H,3,6H2,1-2H3,(H3,9,10,12). The molecule has 5 nitrogen and oxygen atoms in total. The minimum atomic E-state index is 0.463. The number of rotatable bonds is 3. The van der Waals surface area contributed by atoms with Gasteiger partial charge in [0.25, 0.3) is 0 Å². The monoisotopic (exact) mass is 181 g/mol. The summed E-state index contributed by atoms with van der Waals surface area (Å²) in [5.74, 6) is 1.37. The van der Waals surface area contributed by atoms with Crippen LogP contribution in [-0.4, -0.2) is 22.1 Å². The lowest BCUT2D eigenvalue weighted by molar-refractivity contribution is 0.787. The highest BCUT2D eigenvalue weighted by Gasteiger charge is 1.96. The van der Waals surface area contributed by atoms with Gasteiger partial charge < -0.3 is 15.6 Å². The Kier molecular flexibility index (Phi) is 3.31. The number of hydrogen-bond donors (Lipinski definition) is 2. The molecule has 72 valence electrons. The summed E-state index contributed by atoms with van der Waals surface area (Å²) >= 11 is 0. The lowest BCUT2D eigenvalue weighted by atomic mass is 10.6. The van der Waals surface area contributed by atoms with E-state index in [1.54, 1.807) is 6.20 Å². The molecular formula is C8H15N5. The highest BCUT2D eigenvalue weighted by atomic mass is 15.1. The van der Waals surface area contributed by atoms with Crippen molar-refractivity contribution in [2.75, 3.05) is 6.54 Å². The van der Waals surface area contributed by atoms with Gasteiger partial charge in [0.15, 0.2) is 5.96 Å². The first-order chi connectivity index (χ1) is 6.24. The second kappa shape index (κ2) is 4.49. The topological polar surface area (TPSA) is 68.2 Å². The lowest BCUT2D eigenvalue weighted by Gasteiger charge is -2.01. The second-order valence-corrected chi connectivity index (χ2v) is 2.69. The third-order valence-electron chi connectivity index (χ3n) is 1.67. The van der Waals surface area contributed by atoms with Crippen LogP contribution in [0, 0.1) is 0 Å². The average Bonchev–Trinajstić information content (AvgIpc) is 2.48. The van der Waals surface area contributed by atoms with E-state index in [1.807, 2.05) is 24.7 Å². The molecule has 0 saturated carbocycles. The first-order valence-corrected chi connectivity index (χ1v) is 4.24. The number of nitrogens with two attached hydrogens (primary N) is 1. The summed E-state index contributed by atoms with van der Waals surface area (Å²) < 4.78 is 1.92. The van der Waals surface area contributed by atoms with E-state index in [-0.39, 0.29) is 0 Å². The van der Waals surface area contributed by atoms with E-state index in [4.69, 9.17) is 5.73 Å². The quantitative estimate of drug-likeness (QED) is 0.503. The molecule has 0 aliphatic rings. The van der Waals surface area contributed by atoms with E-state index >= 15 is 0 Å². The van der Waals surface area contributed by atoms with Crippen LogP contribution in [0.15, 0.2) is 17.4 Å². The lowest BCUT2D eigenvalue weighted by Crippen LogP contribution is -2.31. The van der Waals surface area contributed by atoms with E-state index in [1.165, 1.54) is 0 Å². The van der Waals surface area contributed by atoms with Gasteiger partial charge in [0.2, 0.25) is 0 Å². The summed E-state index contributed by atoms with van der Waals surface area (Å²) in [7, 11) is 1.93. The maximum atomic E-state index is 5.55. The Morgan fingerprint density at radius 2 is 2.54 bits per heavy atom. The molecule has 0 unspecified atom stereocenters. The molecule has 0 amide bonds. The van der Waals surface area contributed by atoms with Gasteiger partial charge >= 0.3 is 0 Å². The highest BCUT2D eigenvalue weighted by Crippen LogP contribution is 1.95. The molecule has 3 N–H and O–H groups in total. The Hall–Kier alpha value is -1.52. The Morgan fingerprint density at radius 1 is 1.77 bits per heavy atom. The molecular weight excluding hydrogens is 166 g/mol. The smallest absolute Gasteiger partial charge is 0.189 e. The molecule has 0 aliphatic heterocycles. The summed E-state index contributed by atoms with van der Waals surface area (Å²) in [6.07, 6.45) is 3.63. The van der Waals surface area contributed by atoms with Gasteiger partial charge in [-0.25, -0.2) is 9.98 Å². The molecule has 0 radical (unpaired) electrons. The summed E-state index contributed by atoms with van der Waals surface area (Å²) in [5.41, 5.74) is 5.55. The minimum Gasteiger partial charge on any atom is -0.370 e. The molecule has 0 atom stereocenters. The summed E-state index contributed by atoms with van der Waals surface area (Å²) in [4.78, 5) is 8.24. The van der Waals surface area contributed by atoms with Crippen LogP contribution in [0.3, 0.4) is 0 Å². The Bertz CT molecular complexity index is 288. The van der Waals surface area contributed by atoms with Crippen molar-refractivity contribution in [3.8, 4) is 0 Å². The number of hydrogen-bond acceptors (Lipinski definition) is 2. The number of aromatic nitrogens is 2. The molecule has 1 aromatic heterocycles. The molecule has 5 heteroatoms. The van der Waals surface area contributed by atoms with E-state index in [0.29, 0.717) is 12.5 Å². The predicted molar refractivity (Wildman–Crippen MR) is 52.2 cm³/mol. The van der Waals surface area contributed by atoms with Crippen molar-refractivity contribution < 1.29 is 0 Å². The van der Waals surface area contributed by atoms with Gasteiger partial charge in [-0.1, -0.05) is 0 Å². The van der Waals surface area contributed by atoms with Crippen molar-refractivity contribution in [1.29, 1.82) is 0 Å². The van der Waals surface area contributed by atoms with E-state index in [9.17, 15) is 0 Å². The van der Waals surface area contributed by atoms with Crippen LogP contribution in [0.1, 0.15) is 12.7 Å². The van der Waals surface area contributed by atoms with Gasteiger partial charge in [-0.15, -0.1) is 0 Å². The molecule has 1 heterocycles. The van der Waals surface area contributed by atoms with Crippen LogP contribution in [0.4, 0.5) is 0 Å². The van der Waals surface area contributed by atoms with Crippen LogP contribution < -0.4 is 11.1 Å². The van der Waals surface area contributed by atoms with Crippen LogP contribution >= 0.6 is 0 Å². The van der Waals surface area contributed by atoms with Crippen molar-refractivity contribution in [2.45, 2.75) is 13.5 Å². The van der Waals surface area contributed by atoms with Gasteiger partial charge in [0, 0.05) is 26.0 Å². The SMILES string of the molecule is CCNC(N)=NCc1nccn1C. The van der Waals surface area contributed by atoms with Crippen LogP contribution in [0.25, 0.3) is 0 Å². The number of nitrogens with one attached hydrogen (secondary N) is 1. The Labute approximate surface area is 77.7 Å². The number of guanidine groups is 1. The van der Waals surface area contributed by atoms with Crippen LogP contribution in [0.2, 0.25) is 0 Å². The van der Waals surface area contributed by atoms with E-state index in [0.717, 1.165) is 12.4 Å². The van der Waals surface area contributed by atoms with Gasteiger partial charge in [-0.2, -0.15) is 0 Å². The Morgan fingerprint density at radius 3 is 3.08 bits per heavy atom. The summed E-state index contributed by atoms with van der Waals surface area (Å²) in [5, 5.41) is 2.92. The van der Waals surface area contributed by atoms with Crippen molar-refractivity contribution >= 4 is 5.96 Å². The molecule has 0 aliphatic carbocycles. The fourth-order valence-corrected chi connectivity index (χ4v) is 0.942. The number of imidazole rings is 1. The van der Waals surface area contributed by atoms with Crippen LogP contribution in [0.5, 0.6) is 0 Å². The van der Waals surface area contributed by atoms with E-state index in [2.05, 4.69) is 15.3 Å². The van der Waals surface area contributed by atoms with Gasteiger partial charge in [-0.3, -0.25) is 0 Å². The van der Waals surface area contributed by atoms with Gasteiger partial charge in [0.1, 0.15) is 12.4 Å². The second-order valence-electron chi connectivity index (χ2n) is 2.69. The zero-order valence-electron chi connectivity index (χ0n) is 7.99. The molecule has 0 fully saturated rings. The number of nitrogens with zero attached hydrogens (tertiary/aromatic N) is 3. The average molecular weight is 181 g/mol. The van der Waals surface area contributed by atoms with Gasteiger partial charge in [0.05, 0.1) is 0 Å². The molecule has 0 spiro atoms. The third kappa shape index (κ3) is 2.77. The molecule has 13 heavy (non-hydrogen) atoms. The van der Waals surface area contributed by atoms with Crippen molar-refractivity contribution in [1.82, 2.24) is 14.9 Å². The summed E-state index contributed by atoms with van der Waals surface area (Å²) in [6.45, 7) is 3.28. The maximum absolute atomic E-state index is 5.55.